The summed E-state index contributed by atoms with van der Waals surface area (Å²) in [6.07, 6.45) is 0.926. The summed E-state index contributed by atoms with van der Waals surface area (Å²) in [7, 11) is 0. The molecule has 0 aliphatic carbocycles. The molecule has 0 saturated heterocycles. The first-order valence-corrected chi connectivity index (χ1v) is 6.19. The number of carbonyl (C=O) groups excluding carboxylic acids is 1. The number of carbonyl (C=O) groups is 1. The zero-order valence-corrected chi connectivity index (χ0v) is 11.4. The number of Topliss-reactive ketones (excluding diaryl/α,β-unsaturated/α-hetero) is 1. The Labute approximate surface area is 104 Å². The lowest BCUT2D eigenvalue weighted by Gasteiger charge is -2.25. The Bertz CT molecular complexity index is 392. The van der Waals surface area contributed by atoms with Crippen LogP contribution in [-0.4, -0.2) is 11.4 Å². The van der Waals surface area contributed by atoms with E-state index in [1.54, 1.807) is 0 Å². The van der Waals surface area contributed by atoms with Crippen LogP contribution in [0.1, 0.15) is 51.4 Å². The molecule has 2 heteroatoms. The Morgan fingerprint density at radius 3 is 2.53 bits per heavy atom. The summed E-state index contributed by atoms with van der Waals surface area (Å²) in [5.41, 5.74) is 0.531. The van der Waals surface area contributed by atoms with Crippen LogP contribution in [0.2, 0.25) is 0 Å². The van der Waals surface area contributed by atoms with Gasteiger partial charge in [-0.2, -0.15) is 0 Å². The number of ketones is 1. The molecular formula is C15H22O2. The molecule has 0 heterocycles. The van der Waals surface area contributed by atoms with Crippen LogP contribution in [0.4, 0.5) is 0 Å². The predicted octanol–water partition coefficient (Wildman–Crippen LogP) is 4.09. The largest absolute Gasteiger partial charge is 0.488 e. The van der Waals surface area contributed by atoms with Crippen LogP contribution in [0.15, 0.2) is 24.3 Å². The van der Waals surface area contributed by atoms with E-state index in [4.69, 9.17) is 4.74 Å². The van der Waals surface area contributed by atoms with Gasteiger partial charge in [-0.1, -0.05) is 32.9 Å². The average Bonchev–Trinajstić information content (AvgIpc) is 2.27. The van der Waals surface area contributed by atoms with Crippen LogP contribution in [-0.2, 0) is 0 Å². The fourth-order valence-corrected chi connectivity index (χ4v) is 1.44. The summed E-state index contributed by atoms with van der Waals surface area (Å²) < 4.78 is 5.87. The average molecular weight is 234 g/mol. The smallest absolute Gasteiger partial charge is 0.165 e. The van der Waals surface area contributed by atoms with E-state index in [9.17, 15) is 4.79 Å². The van der Waals surface area contributed by atoms with E-state index in [-0.39, 0.29) is 17.3 Å². The van der Waals surface area contributed by atoms with E-state index in [0.717, 1.165) is 17.7 Å². The molecule has 1 aromatic carbocycles. The number of benzene rings is 1. The minimum Gasteiger partial charge on any atom is -0.488 e. The minimum absolute atomic E-state index is 0.0180. The Morgan fingerprint density at radius 1 is 1.35 bits per heavy atom. The number of ether oxygens (including phenoxy) is 1. The molecule has 0 aliphatic rings. The molecule has 2 nitrogen and oxygen atoms in total. The van der Waals surface area contributed by atoms with Crippen molar-refractivity contribution in [3.8, 4) is 5.75 Å². The van der Waals surface area contributed by atoms with Gasteiger partial charge in [-0.15, -0.1) is 0 Å². The summed E-state index contributed by atoms with van der Waals surface area (Å²) in [4.78, 5) is 11.9. The van der Waals surface area contributed by atoms with Crippen molar-refractivity contribution in [3.05, 3.63) is 29.8 Å². The topological polar surface area (TPSA) is 26.3 Å². The summed E-state index contributed by atoms with van der Waals surface area (Å²) in [6, 6.07) is 7.44. The van der Waals surface area contributed by atoms with E-state index >= 15 is 0 Å². The maximum atomic E-state index is 11.9. The number of rotatable bonds is 5. The standard InChI is InChI=1S/C15H22O2/c1-6-15(4,5)17-13-9-7-8-12(10-13)14(16)11(2)3/h7-11H,6H2,1-5H3. The van der Waals surface area contributed by atoms with E-state index in [1.807, 2.05) is 52.0 Å². The second-order valence-electron chi connectivity index (χ2n) is 5.26. The van der Waals surface area contributed by atoms with Crippen LogP contribution >= 0.6 is 0 Å². The van der Waals surface area contributed by atoms with Crippen molar-refractivity contribution in [2.24, 2.45) is 5.92 Å². The molecule has 0 bridgehead atoms. The van der Waals surface area contributed by atoms with Crippen LogP contribution in [0.5, 0.6) is 5.75 Å². The molecule has 0 spiro atoms. The Hall–Kier alpha value is -1.31. The predicted molar refractivity (Wildman–Crippen MR) is 70.6 cm³/mol. The molecule has 0 aliphatic heterocycles. The van der Waals surface area contributed by atoms with Gasteiger partial charge in [0.2, 0.25) is 0 Å². The fraction of sp³-hybridized carbons (Fsp3) is 0.533. The fourth-order valence-electron chi connectivity index (χ4n) is 1.44. The molecule has 0 fully saturated rings. The zero-order chi connectivity index (χ0) is 13.1. The van der Waals surface area contributed by atoms with E-state index in [1.165, 1.54) is 0 Å². The molecule has 94 valence electrons. The lowest BCUT2D eigenvalue weighted by atomic mass is 10.0. The van der Waals surface area contributed by atoms with Gasteiger partial charge in [-0.25, -0.2) is 0 Å². The highest BCUT2D eigenvalue weighted by atomic mass is 16.5. The van der Waals surface area contributed by atoms with E-state index in [0.29, 0.717) is 0 Å². The van der Waals surface area contributed by atoms with Gasteiger partial charge >= 0.3 is 0 Å². The highest BCUT2D eigenvalue weighted by molar-refractivity contribution is 5.97. The monoisotopic (exact) mass is 234 g/mol. The lowest BCUT2D eigenvalue weighted by molar-refractivity contribution is 0.0931. The molecule has 0 radical (unpaired) electrons. The molecular weight excluding hydrogens is 212 g/mol. The van der Waals surface area contributed by atoms with Crippen LogP contribution in [0.25, 0.3) is 0 Å². The summed E-state index contributed by atoms with van der Waals surface area (Å²) in [5.74, 6) is 0.942. The molecule has 0 N–H and O–H groups in total. The summed E-state index contributed by atoms with van der Waals surface area (Å²) >= 11 is 0. The molecule has 0 aromatic heterocycles. The minimum atomic E-state index is -0.195. The molecule has 1 aromatic rings. The lowest BCUT2D eigenvalue weighted by Crippen LogP contribution is -2.26. The van der Waals surface area contributed by atoms with Crippen LogP contribution < -0.4 is 4.74 Å². The highest BCUT2D eigenvalue weighted by Crippen LogP contribution is 2.22. The van der Waals surface area contributed by atoms with E-state index < -0.39 is 0 Å². The van der Waals surface area contributed by atoms with Gasteiger partial charge in [0.15, 0.2) is 5.78 Å². The van der Waals surface area contributed by atoms with E-state index in [2.05, 4.69) is 6.92 Å². The quantitative estimate of drug-likeness (QED) is 0.717. The van der Waals surface area contributed by atoms with Crippen molar-refractivity contribution < 1.29 is 9.53 Å². The molecule has 0 saturated carbocycles. The maximum Gasteiger partial charge on any atom is 0.165 e. The third-order valence-electron chi connectivity index (χ3n) is 2.89. The molecule has 0 amide bonds. The van der Waals surface area contributed by atoms with Gasteiger partial charge in [0, 0.05) is 11.5 Å². The first kappa shape index (κ1) is 13.8. The van der Waals surface area contributed by atoms with Gasteiger partial charge < -0.3 is 4.74 Å². The van der Waals surface area contributed by atoms with Crippen LogP contribution in [0.3, 0.4) is 0 Å². The number of hydrogen-bond donors (Lipinski definition) is 0. The molecule has 0 unspecified atom stereocenters. The van der Waals surface area contributed by atoms with Crippen molar-refractivity contribution in [2.75, 3.05) is 0 Å². The van der Waals surface area contributed by atoms with Gasteiger partial charge in [0.1, 0.15) is 11.4 Å². The SMILES string of the molecule is CCC(C)(C)Oc1cccc(C(=O)C(C)C)c1. The molecule has 17 heavy (non-hydrogen) atoms. The Morgan fingerprint density at radius 2 is 2.00 bits per heavy atom. The first-order valence-electron chi connectivity index (χ1n) is 6.19. The third-order valence-corrected chi connectivity index (χ3v) is 2.89. The molecule has 0 atom stereocenters. The van der Waals surface area contributed by atoms with Gasteiger partial charge in [0.25, 0.3) is 0 Å². The summed E-state index contributed by atoms with van der Waals surface area (Å²) in [5, 5.41) is 0. The van der Waals surface area contributed by atoms with Crippen molar-refractivity contribution in [1.29, 1.82) is 0 Å². The van der Waals surface area contributed by atoms with Crippen molar-refractivity contribution >= 4 is 5.78 Å². The first-order chi connectivity index (χ1) is 7.85. The van der Waals surface area contributed by atoms with Gasteiger partial charge in [0.05, 0.1) is 0 Å². The summed E-state index contributed by atoms with van der Waals surface area (Å²) in [6.45, 7) is 9.99. The second-order valence-corrected chi connectivity index (χ2v) is 5.26. The zero-order valence-electron chi connectivity index (χ0n) is 11.4. The maximum absolute atomic E-state index is 11.9. The number of hydrogen-bond acceptors (Lipinski definition) is 2. The van der Waals surface area contributed by atoms with Crippen LogP contribution in [0, 0.1) is 5.92 Å². The third kappa shape index (κ3) is 3.88. The van der Waals surface area contributed by atoms with Crippen molar-refractivity contribution in [2.45, 2.75) is 46.6 Å². The molecule has 1 rings (SSSR count). The van der Waals surface area contributed by atoms with Crippen molar-refractivity contribution in [1.82, 2.24) is 0 Å². The normalized spacial score (nSPS) is 11.6. The van der Waals surface area contributed by atoms with Gasteiger partial charge in [-0.05, 0) is 32.4 Å². The Balaban J connectivity index is 2.90. The second kappa shape index (κ2) is 5.35. The van der Waals surface area contributed by atoms with Gasteiger partial charge in [-0.3, -0.25) is 4.79 Å². The Kier molecular flexibility index (Phi) is 4.33. The van der Waals surface area contributed by atoms with Crippen molar-refractivity contribution in [3.63, 3.8) is 0 Å². The highest BCUT2D eigenvalue weighted by Gasteiger charge is 2.18.